The van der Waals surface area contributed by atoms with Crippen LogP contribution in [0.2, 0.25) is 0 Å². The molecule has 0 saturated heterocycles. The van der Waals surface area contributed by atoms with Crippen LogP contribution in [-0.2, 0) is 16.0 Å². The van der Waals surface area contributed by atoms with Crippen molar-refractivity contribution in [3.8, 4) is 0 Å². The van der Waals surface area contributed by atoms with E-state index in [1.807, 2.05) is 0 Å². The second-order valence-corrected chi connectivity index (χ2v) is 2.39. The van der Waals surface area contributed by atoms with Gasteiger partial charge in [-0.05, 0) is 12.1 Å². The number of hydrogen-bond donors (Lipinski definition) is 0. The van der Waals surface area contributed by atoms with Gasteiger partial charge < -0.3 is 4.74 Å². The van der Waals surface area contributed by atoms with Crippen molar-refractivity contribution in [2.75, 3.05) is 6.61 Å². The molecule has 0 unspecified atom stereocenters. The van der Waals surface area contributed by atoms with Crippen LogP contribution in [0.4, 0.5) is 0 Å². The molecular weight excluding hydrogens is 206 g/mol. The lowest BCUT2D eigenvalue weighted by atomic mass is 10.2. The Hall–Kier alpha value is -1.42. The van der Waals surface area contributed by atoms with E-state index in [1.54, 1.807) is 6.07 Å². The molecule has 1 rings (SSSR count). The lowest BCUT2D eigenvalue weighted by Gasteiger charge is -1.94. The third-order valence-corrected chi connectivity index (χ3v) is 1.52. The van der Waals surface area contributed by atoms with E-state index in [0.717, 1.165) is 0 Å². The molecule has 0 aromatic carbocycles. The second kappa shape index (κ2) is 7.03. The van der Waals surface area contributed by atoms with Crippen molar-refractivity contribution in [2.24, 2.45) is 0 Å². The normalized spacial score (nSPS) is 8.57. The molecule has 0 aliphatic carbocycles. The zero-order valence-electron chi connectivity index (χ0n) is 7.38. The monoisotopic (exact) mass is 215 g/mol. The number of carbonyl (C=O) groups excluding carboxylic acids is 1. The summed E-state index contributed by atoms with van der Waals surface area (Å²) in [5.41, 5.74) is 0.457. The van der Waals surface area contributed by atoms with Gasteiger partial charge in [0, 0.05) is 24.4 Å². The van der Waals surface area contributed by atoms with Crippen LogP contribution >= 0.6 is 12.4 Å². The van der Waals surface area contributed by atoms with Crippen LogP contribution in [0.25, 0.3) is 0 Å². The first-order chi connectivity index (χ1) is 6.34. The van der Waals surface area contributed by atoms with Gasteiger partial charge in [-0.1, -0.05) is 0 Å². The average molecular weight is 216 g/mol. The molecule has 14 heavy (non-hydrogen) atoms. The van der Waals surface area contributed by atoms with Crippen molar-refractivity contribution >= 4 is 18.9 Å². The van der Waals surface area contributed by atoms with E-state index >= 15 is 0 Å². The number of hydrogen-bond acceptors (Lipinski definition) is 4. The highest BCUT2D eigenvalue weighted by atomic mass is 35.5. The Morgan fingerprint density at radius 1 is 1.50 bits per heavy atom. The van der Waals surface area contributed by atoms with Gasteiger partial charge in [0.2, 0.25) is 0 Å². The molecule has 0 amide bonds. The molecule has 1 heterocycles. The lowest BCUT2D eigenvalue weighted by Crippen LogP contribution is -2.07. The maximum Gasteiger partial charge on any atom is 0.293 e. The molecule has 0 bridgehead atoms. The first-order valence-corrected chi connectivity index (χ1v) is 3.83. The Morgan fingerprint density at radius 2 is 2.29 bits per heavy atom. The summed E-state index contributed by atoms with van der Waals surface area (Å²) in [4.78, 5) is 24.9. The van der Waals surface area contributed by atoms with Crippen LogP contribution < -0.4 is 5.43 Å². The summed E-state index contributed by atoms with van der Waals surface area (Å²) in [5, 5.41) is 0. The van der Waals surface area contributed by atoms with Gasteiger partial charge in [-0.15, -0.1) is 12.4 Å². The van der Waals surface area contributed by atoms with Crippen molar-refractivity contribution in [3.05, 3.63) is 40.3 Å². The van der Waals surface area contributed by atoms with Gasteiger partial charge in [0.1, 0.15) is 0 Å². The second-order valence-electron chi connectivity index (χ2n) is 2.39. The van der Waals surface area contributed by atoms with Crippen molar-refractivity contribution in [1.82, 2.24) is 4.98 Å². The number of halogens is 1. The maximum atomic E-state index is 11.2. The van der Waals surface area contributed by atoms with Gasteiger partial charge in [-0.3, -0.25) is 14.6 Å². The molecule has 0 aliphatic rings. The Morgan fingerprint density at radius 3 is 3.00 bits per heavy atom. The first kappa shape index (κ1) is 12.6. The van der Waals surface area contributed by atoms with E-state index in [4.69, 9.17) is 0 Å². The van der Waals surface area contributed by atoms with Gasteiger partial charge in [0.05, 0.1) is 6.61 Å². The minimum absolute atomic E-state index is 0. The molecule has 0 aliphatic heterocycles. The molecule has 0 radical (unpaired) electrons. The van der Waals surface area contributed by atoms with Gasteiger partial charge in [-0.25, -0.2) is 0 Å². The summed E-state index contributed by atoms with van der Waals surface area (Å²) < 4.78 is 4.48. The smallest absolute Gasteiger partial charge is 0.293 e. The summed E-state index contributed by atoms with van der Waals surface area (Å²) in [7, 11) is 0. The van der Waals surface area contributed by atoms with Crippen LogP contribution in [0.3, 0.4) is 0 Å². The number of aromatic nitrogens is 1. The Kier molecular flexibility index (Phi) is 6.32. The molecule has 0 N–H and O–H groups in total. The Bertz CT molecular complexity index is 343. The quantitative estimate of drug-likeness (QED) is 0.545. The summed E-state index contributed by atoms with van der Waals surface area (Å²) in [5.74, 6) is 0. The molecule has 4 nitrogen and oxygen atoms in total. The first-order valence-electron chi connectivity index (χ1n) is 3.83. The summed E-state index contributed by atoms with van der Waals surface area (Å²) in [6.45, 7) is 0.575. The summed E-state index contributed by atoms with van der Waals surface area (Å²) in [6.07, 6.45) is 3.42. The van der Waals surface area contributed by atoms with Crippen molar-refractivity contribution in [2.45, 2.75) is 6.42 Å². The number of nitrogens with zero attached hydrogens (tertiary/aromatic N) is 1. The van der Waals surface area contributed by atoms with E-state index in [9.17, 15) is 9.59 Å². The summed E-state index contributed by atoms with van der Waals surface area (Å²) in [6, 6.07) is 3.01. The van der Waals surface area contributed by atoms with E-state index in [1.165, 1.54) is 18.5 Å². The molecule has 0 fully saturated rings. The van der Waals surface area contributed by atoms with Crippen molar-refractivity contribution in [1.29, 1.82) is 0 Å². The standard InChI is InChI=1S/C9H9NO3.ClH/c11-7-13-5-3-8-6-10-4-1-2-9(8)12;/h1-2,4,6-7H,3,5H2;1H. The van der Waals surface area contributed by atoms with Crippen LogP contribution in [0.15, 0.2) is 29.3 Å². The van der Waals surface area contributed by atoms with Crippen molar-refractivity contribution < 1.29 is 9.53 Å². The third kappa shape index (κ3) is 4.00. The fourth-order valence-corrected chi connectivity index (χ4v) is 0.889. The van der Waals surface area contributed by atoms with E-state index in [-0.39, 0.29) is 24.4 Å². The van der Waals surface area contributed by atoms with Crippen LogP contribution in [0, 0.1) is 0 Å². The fraction of sp³-hybridized carbons (Fsp3) is 0.222. The molecule has 0 atom stereocenters. The molecule has 5 heteroatoms. The van der Waals surface area contributed by atoms with Gasteiger partial charge in [0.15, 0.2) is 5.43 Å². The third-order valence-electron chi connectivity index (χ3n) is 1.52. The zero-order chi connectivity index (χ0) is 9.52. The predicted octanol–water partition coefficient (Wildman–Crippen LogP) is 0.579. The topological polar surface area (TPSA) is 56.3 Å². The average Bonchev–Trinajstić information content (AvgIpc) is 2.32. The highest BCUT2D eigenvalue weighted by molar-refractivity contribution is 5.85. The van der Waals surface area contributed by atoms with Gasteiger partial charge in [-0.2, -0.15) is 0 Å². The molecule has 1 aromatic heterocycles. The fourth-order valence-electron chi connectivity index (χ4n) is 0.889. The van der Waals surface area contributed by atoms with E-state index < -0.39 is 0 Å². The van der Waals surface area contributed by atoms with Crippen LogP contribution in [-0.4, -0.2) is 18.1 Å². The highest BCUT2D eigenvalue weighted by Gasteiger charge is 1.96. The number of ether oxygens (including phenoxy) is 1. The minimum Gasteiger partial charge on any atom is -0.468 e. The number of carbonyl (C=O) groups is 1. The van der Waals surface area contributed by atoms with Crippen LogP contribution in [0.5, 0.6) is 0 Å². The lowest BCUT2D eigenvalue weighted by molar-refractivity contribution is -0.128. The predicted molar refractivity (Wildman–Crippen MR) is 53.5 cm³/mol. The molecule has 76 valence electrons. The zero-order valence-corrected chi connectivity index (χ0v) is 8.20. The molecule has 0 saturated carbocycles. The summed E-state index contributed by atoms with van der Waals surface area (Å²) >= 11 is 0. The van der Waals surface area contributed by atoms with Gasteiger partial charge >= 0.3 is 0 Å². The molecule has 0 spiro atoms. The van der Waals surface area contributed by atoms with Gasteiger partial charge in [0.25, 0.3) is 6.47 Å². The Labute approximate surface area is 87.3 Å². The van der Waals surface area contributed by atoms with Crippen LogP contribution in [0.1, 0.15) is 5.56 Å². The Balaban J connectivity index is 0.00000169. The maximum absolute atomic E-state index is 11.2. The number of rotatable bonds is 4. The van der Waals surface area contributed by atoms with E-state index in [0.29, 0.717) is 18.5 Å². The van der Waals surface area contributed by atoms with Crippen molar-refractivity contribution in [3.63, 3.8) is 0 Å². The minimum atomic E-state index is -0.0907. The highest BCUT2D eigenvalue weighted by Crippen LogP contribution is 1.89. The molecular formula is C9H10ClNO3. The SMILES string of the molecule is Cl.O=COCCc1cncccc1=O. The largest absolute Gasteiger partial charge is 0.468 e. The molecule has 1 aromatic rings. The van der Waals surface area contributed by atoms with E-state index in [2.05, 4.69) is 9.72 Å².